The maximum absolute atomic E-state index is 13.6. The Labute approximate surface area is 183 Å². The highest BCUT2D eigenvalue weighted by Gasteiger charge is 2.30. The number of hydrogen-bond donors (Lipinski definition) is 0. The number of rotatable bonds is 7. The van der Waals surface area contributed by atoms with E-state index in [0.717, 1.165) is 63.4 Å². The second kappa shape index (κ2) is 10.2. The third-order valence-electron chi connectivity index (χ3n) is 6.19. The van der Waals surface area contributed by atoms with Gasteiger partial charge in [0.25, 0.3) is 0 Å². The molecule has 2 saturated heterocycles. The molecule has 2 aliphatic rings. The number of amides is 1. The molecule has 168 valence electrons. The lowest BCUT2D eigenvalue weighted by atomic mass is 10.0. The number of carbonyl (C=O) groups excluding carboxylic acids is 1. The molecule has 2 atom stereocenters. The molecule has 0 N–H and O–H groups in total. The zero-order chi connectivity index (χ0) is 21.6. The number of carbonyl (C=O) groups is 1. The van der Waals surface area contributed by atoms with E-state index in [1.54, 1.807) is 11.8 Å². The van der Waals surface area contributed by atoms with Gasteiger partial charge in [0.05, 0.1) is 13.2 Å². The lowest BCUT2D eigenvalue weighted by Crippen LogP contribution is -2.41. The van der Waals surface area contributed by atoms with Crippen LogP contribution in [0.5, 0.6) is 5.75 Å². The van der Waals surface area contributed by atoms with Crippen LogP contribution in [-0.4, -0.2) is 88.5 Å². The maximum Gasteiger partial charge on any atom is 0.247 e. The molecule has 0 spiro atoms. The smallest absolute Gasteiger partial charge is 0.247 e. The number of hydrogen-bond acceptors (Lipinski definition) is 7. The molecule has 9 nitrogen and oxygen atoms in total. The predicted molar refractivity (Wildman–Crippen MR) is 115 cm³/mol. The molecular weight excluding hydrogens is 396 g/mol. The van der Waals surface area contributed by atoms with Gasteiger partial charge in [0.1, 0.15) is 17.6 Å². The minimum absolute atomic E-state index is 0.0668. The summed E-state index contributed by atoms with van der Waals surface area (Å²) in [6.07, 6.45) is 4.10. The van der Waals surface area contributed by atoms with Crippen molar-refractivity contribution in [2.75, 3.05) is 46.4 Å². The Hall–Kier alpha value is -2.52. The van der Waals surface area contributed by atoms with Crippen LogP contribution in [0.15, 0.2) is 24.3 Å². The summed E-state index contributed by atoms with van der Waals surface area (Å²) >= 11 is 0. The molecule has 9 heteroatoms. The van der Waals surface area contributed by atoms with Gasteiger partial charge in [-0.1, -0.05) is 12.1 Å². The molecule has 2 aliphatic heterocycles. The van der Waals surface area contributed by atoms with Gasteiger partial charge in [-0.25, -0.2) is 4.68 Å². The molecule has 2 fully saturated rings. The van der Waals surface area contributed by atoms with Gasteiger partial charge in [-0.05, 0) is 60.9 Å². The molecule has 1 aromatic heterocycles. The van der Waals surface area contributed by atoms with Crippen molar-refractivity contribution in [3.05, 3.63) is 35.7 Å². The zero-order valence-corrected chi connectivity index (χ0v) is 18.4. The van der Waals surface area contributed by atoms with Gasteiger partial charge in [0.2, 0.25) is 5.91 Å². The van der Waals surface area contributed by atoms with Gasteiger partial charge in [-0.2, -0.15) is 0 Å². The summed E-state index contributed by atoms with van der Waals surface area (Å²) in [5.74, 6) is 1.48. The molecule has 2 aromatic rings. The Morgan fingerprint density at radius 2 is 2.16 bits per heavy atom. The molecule has 1 aromatic carbocycles. The monoisotopic (exact) mass is 428 g/mol. The van der Waals surface area contributed by atoms with Gasteiger partial charge in [0.15, 0.2) is 0 Å². The Kier molecular flexibility index (Phi) is 7.14. The van der Waals surface area contributed by atoms with E-state index in [1.807, 2.05) is 36.1 Å². The first-order chi connectivity index (χ1) is 15.1. The van der Waals surface area contributed by atoms with E-state index in [2.05, 4.69) is 20.4 Å². The van der Waals surface area contributed by atoms with Gasteiger partial charge >= 0.3 is 0 Å². The normalized spacial score (nSPS) is 21.1. The minimum Gasteiger partial charge on any atom is -0.497 e. The third kappa shape index (κ3) is 5.40. The van der Waals surface area contributed by atoms with Crippen molar-refractivity contribution in [2.45, 2.75) is 44.8 Å². The molecule has 1 amide bonds. The number of methoxy groups -OCH3 is 1. The van der Waals surface area contributed by atoms with Crippen molar-refractivity contribution in [1.82, 2.24) is 30.0 Å². The van der Waals surface area contributed by atoms with E-state index in [-0.39, 0.29) is 5.91 Å². The van der Waals surface area contributed by atoms with Gasteiger partial charge in [-0.15, -0.1) is 5.10 Å². The fraction of sp³-hybridized carbons (Fsp3) is 0.636. The Bertz CT molecular complexity index is 866. The molecule has 0 aliphatic carbocycles. The van der Waals surface area contributed by atoms with Crippen LogP contribution in [0.4, 0.5) is 0 Å². The molecule has 0 saturated carbocycles. The summed E-state index contributed by atoms with van der Waals surface area (Å²) in [6.45, 7) is 6.98. The van der Waals surface area contributed by atoms with E-state index in [1.165, 1.54) is 0 Å². The number of benzene rings is 1. The van der Waals surface area contributed by atoms with Gasteiger partial charge in [0, 0.05) is 39.2 Å². The standard InChI is InChI=1S/C22H32N6O3/c1-17-23-24-25-28(17)21(15-18-6-3-7-19(14-18)30-2)22(29)27-10-5-9-26(11-12-27)16-20-8-4-13-31-20/h3,6-7,14,20-21H,4-5,8-13,15-16H2,1-2H3/t20-,21-/m0/s1. The highest BCUT2D eigenvalue weighted by atomic mass is 16.5. The summed E-state index contributed by atoms with van der Waals surface area (Å²) in [5.41, 5.74) is 1.02. The summed E-state index contributed by atoms with van der Waals surface area (Å²) in [4.78, 5) is 18.1. The molecule has 3 heterocycles. The molecule has 0 unspecified atom stereocenters. The minimum atomic E-state index is -0.480. The predicted octanol–water partition coefficient (Wildman–Crippen LogP) is 1.49. The first-order valence-electron chi connectivity index (χ1n) is 11.1. The van der Waals surface area contributed by atoms with Crippen LogP contribution in [-0.2, 0) is 16.0 Å². The Morgan fingerprint density at radius 3 is 2.90 bits per heavy atom. The van der Waals surface area contributed by atoms with Crippen molar-refractivity contribution < 1.29 is 14.3 Å². The second-order valence-corrected chi connectivity index (χ2v) is 8.36. The summed E-state index contributed by atoms with van der Waals surface area (Å²) in [5, 5.41) is 11.9. The number of aromatic nitrogens is 4. The van der Waals surface area contributed by atoms with Crippen LogP contribution < -0.4 is 4.74 Å². The molecular formula is C22H32N6O3. The van der Waals surface area contributed by atoms with Gasteiger partial charge in [-0.3, -0.25) is 9.69 Å². The fourth-order valence-corrected chi connectivity index (χ4v) is 4.49. The number of tetrazole rings is 1. The van der Waals surface area contributed by atoms with E-state index in [4.69, 9.17) is 9.47 Å². The SMILES string of the molecule is COc1cccc(C[C@@H](C(=O)N2CCCN(C[C@@H]3CCCO3)CC2)n2nnnc2C)c1. The highest BCUT2D eigenvalue weighted by molar-refractivity contribution is 5.80. The average molecular weight is 429 g/mol. The van der Waals surface area contributed by atoms with E-state index in [0.29, 0.717) is 24.9 Å². The summed E-state index contributed by atoms with van der Waals surface area (Å²) < 4.78 is 12.8. The lowest BCUT2D eigenvalue weighted by Gasteiger charge is -2.27. The van der Waals surface area contributed by atoms with E-state index in [9.17, 15) is 4.79 Å². The lowest BCUT2D eigenvalue weighted by molar-refractivity contribution is -0.135. The van der Waals surface area contributed by atoms with Crippen molar-refractivity contribution in [3.8, 4) is 5.75 Å². The zero-order valence-electron chi connectivity index (χ0n) is 18.4. The quantitative estimate of drug-likeness (QED) is 0.660. The van der Waals surface area contributed by atoms with Crippen LogP contribution in [0.3, 0.4) is 0 Å². The van der Waals surface area contributed by atoms with Crippen molar-refractivity contribution in [3.63, 3.8) is 0 Å². The first-order valence-corrected chi connectivity index (χ1v) is 11.1. The second-order valence-electron chi connectivity index (χ2n) is 8.36. The maximum atomic E-state index is 13.6. The number of aryl methyl sites for hydroxylation is 1. The van der Waals surface area contributed by atoms with Crippen LogP contribution in [0, 0.1) is 6.92 Å². The van der Waals surface area contributed by atoms with Crippen LogP contribution in [0.2, 0.25) is 0 Å². The Balaban J connectivity index is 1.47. The van der Waals surface area contributed by atoms with Crippen LogP contribution in [0.1, 0.15) is 36.7 Å². The van der Waals surface area contributed by atoms with Crippen molar-refractivity contribution >= 4 is 5.91 Å². The number of nitrogens with zero attached hydrogens (tertiary/aromatic N) is 6. The van der Waals surface area contributed by atoms with Crippen LogP contribution >= 0.6 is 0 Å². The largest absolute Gasteiger partial charge is 0.497 e. The molecule has 31 heavy (non-hydrogen) atoms. The Morgan fingerprint density at radius 1 is 1.26 bits per heavy atom. The molecule has 0 radical (unpaired) electrons. The van der Waals surface area contributed by atoms with Crippen molar-refractivity contribution in [1.29, 1.82) is 0 Å². The fourth-order valence-electron chi connectivity index (χ4n) is 4.49. The summed E-state index contributed by atoms with van der Waals surface area (Å²) in [6, 6.07) is 7.34. The average Bonchev–Trinajstić information content (AvgIpc) is 3.39. The summed E-state index contributed by atoms with van der Waals surface area (Å²) in [7, 11) is 1.65. The third-order valence-corrected chi connectivity index (χ3v) is 6.19. The van der Waals surface area contributed by atoms with E-state index < -0.39 is 6.04 Å². The highest BCUT2D eigenvalue weighted by Crippen LogP contribution is 2.22. The van der Waals surface area contributed by atoms with Crippen molar-refractivity contribution in [2.24, 2.45) is 0 Å². The van der Waals surface area contributed by atoms with Gasteiger partial charge < -0.3 is 14.4 Å². The molecule has 0 bridgehead atoms. The number of ether oxygens (including phenoxy) is 2. The van der Waals surface area contributed by atoms with Crippen LogP contribution in [0.25, 0.3) is 0 Å². The topological polar surface area (TPSA) is 85.6 Å². The molecule has 4 rings (SSSR count). The first kappa shape index (κ1) is 21.7. The van der Waals surface area contributed by atoms with E-state index >= 15 is 0 Å².